The molecule has 8 nitrogen and oxygen atoms in total. The molecule has 1 aliphatic rings. The minimum absolute atomic E-state index is 0.157. The van der Waals surface area contributed by atoms with Crippen LogP contribution in [0.1, 0.15) is 34.1 Å². The van der Waals surface area contributed by atoms with Crippen LogP contribution in [-0.2, 0) is 16.1 Å². The van der Waals surface area contributed by atoms with Crippen molar-refractivity contribution in [2.24, 2.45) is 0 Å². The number of carbonyl (C=O) groups excluding carboxylic acids is 3. The van der Waals surface area contributed by atoms with Gasteiger partial charge >= 0.3 is 0 Å². The summed E-state index contributed by atoms with van der Waals surface area (Å²) in [5.41, 5.74) is 3.65. The van der Waals surface area contributed by atoms with Gasteiger partial charge in [0.2, 0.25) is 5.91 Å². The maximum Gasteiger partial charge on any atom is 0.265 e. The zero-order chi connectivity index (χ0) is 24.9. The maximum atomic E-state index is 12.9. The SMILES string of the molecule is Cc1ccc(OCC(=O)c2ccc3c(c2)N([C@H](C)C(=O)NCc2ccccn2)C(=O)CO3)cc1C. The Balaban J connectivity index is 1.48. The fourth-order valence-corrected chi connectivity index (χ4v) is 3.75. The number of aromatic nitrogens is 1. The number of aryl methyl sites for hydroxylation is 2. The number of hydrogen-bond donors (Lipinski definition) is 1. The number of rotatable bonds is 8. The standard InChI is InChI=1S/C27H27N3O5/c1-17-7-9-22(12-18(17)2)34-15-24(31)20-8-10-25-23(13-20)30(26(32)16-35-25)19(3)27(33)29-14-21-6-4-5-11-28-21/h4-13,19H,14-16H2,1-3H3,(H,29,33)/t19-/m1/s1. The first-order valence-corrected chi connectivity index (χ1v) is 11.3. The van der Waals surface area contributed by atoms with E-state index in [1.54, 1.807) is 43.5 Å². The minimum atomic E-state index is -0.814. The van der Waals surface area contributed by atoms with E-state index in [1.165, 1.54) is 4.90 Å². The first kappa shape index (κ1) is 23.9. The van der Waals surface area contributed by atoms with Crippen LogP contribution in [0.5, 0.6) is 11.5 Å². The first-order chi connectivity index (χ1) is 16.8. The average molecular weight is 474 g/mol. The molecule has 1 aliphatic heterocycles. The molecule has 0 saturated heterocycles. The molecule has 8 heteroatoms. The van der Waals surface area contributed by atoms with E-state index in [0.29, 0.717) is 28.4 Å². The van der Waals surface area contributed by atoms with Gasteiger partial charge < -0.3 is 14.8 Å². The molecule has 1 aromatic heterocycles. The van der Waals surface area contributed by atoms with Gasteiger partial charge in [-0.3, -0.25) is 24.3 Å². The van der Waals surface area contributed by atoms with Gasteiger partial charge in [-0.05, 0) is 74.4 Å². The predicted octanol–water partition coefficient (Wildman–Crippen LogP) is 3.39. The minimum Gasteiger partial charge on any atom is -0.485 e. The van der Waals surface area contributed by atoms with E-state index in [9.17, 15) is 14.4 Å². The predicted molar refractivity (Wildman–Crippen MR) is 131 cm³/mol. The molecule has 2 aromatic carbocycles. The summed E-state index contributed by atoms with van der Waals surface area (Å²) in [4.78, 5) is 44.0. The van der Waals surface area contributed by atoms with Gasteiger partial charge in [-0.2, -0.15) is 0 Å². The molecule has 0 saturated carbocycles. The lowest BCUT2D eigenvalue weighted by atomic mass is 10.1. The van der Waals surface area contributed by atoms with Crippen molar-refractivity contribution >= 4 is 23.3 Å². The van der Waals surface area contributed by atoms with Crippen LogP contribution in [0, 0.1) is 13.8 Å². The normalized spacial score (nSPS) is 13.5. The lowest BCUT2D eigenvalue weighted by molar-refractivity contribution is -0.127. The molecule has 1 N–H and O–H groups in total. The maximum absolute atomic E-state index is 12.9. The third kappa shape index (κ3) is 5.48. The number of benzene rings is 2. The highest BCUT2D eigenvalue weighted by molar-refractivity contribution is 6.05. The number of ether oxygens (including phenoxy) is 2. The Morgan fingerprint density at radius 3 is 2.69 bits per heavy atom. The second kappa shape index (κ2) is 10.4. The van der Waals surface area contributed by atoms with Crippen molar-refractivity contribution in [1.29, 1.82) is 0 Å². The second-order valence-electron chi connectivity index (χ2n) is 8.41. The number of nitrogens with one attached hydrogen (secondary N) is 1. The smallest absolute Gasteiger partial charge is 0.265 e. The van der Waals surface area contributed by atoms with Crippen LogP contribution in [0.25, 0.3) is 0 Å². The number of hydrogen-bond acceptors (Lipinski definition) is 6. The number of Topliss-reactive ketones (excluding diaryl/α,β-unsaturated/α-hetero) is 1. The van der Waals surface area contributed by atoms with Gasteiger partial charge in [0.25, 0.3) is 5.91 Å². The van der Waals surface area contributed by atoms with E-state index < -0.39 is 6.04 Å². The highest BCUT2D eigenvalue weighted by atomic mass is 16.5. The number of nitrogens with zero attached hydrogens (tertiary/aromatic N) is 2. The van der Waals surface area contributed by atoms with E-state index in [4.69, 9.17) is 9.47 Å². The topological polar surface area (TPSA) is 97.8 Å². The molecular formula is C27H27N3O5. The fourth-order valence-electron chi connectivity index (χ4n) is 3.75. The second-order valence-corrected chi connectivity index (χ2v) is 8.41. The van der Waals surface area contributed by atoms with Crippen LogP contribution in [0.2, 0.25) is 0 Å². The highest BCUT2D eigenvalue weighted by Gasteiger charge is 2.33. The molecule has 35 heavy (non-hydrogen) atoms. The van der Waals surface area contributed by atoms with Gasteiger partial charge in [-0.25, -0.2) is 0 Å². The molecule has 4 rings (SSSR count). The van der Waals surface area contributed by atoms with Crippen LogP contribution < -0.4 is 19.7 Å². The van der Waals surface area contributed by atoms with Crippen molar-refractivity contribution < 1.29 is 23.9 Å². The molecule has 1 atom stereocenters. The Bertz CT molecular complexity index is 1260. The third-order valence-corrected chi connectivity index (χ3v) is 5.95. The summed E-state index contributed by atoms with van der Waals surface area (Å²) in [5.74, 6) is 0.0789. The van der Waals surface area contributed by atoms with Crippen molar-refractivity contribution in [2.45, 2.75) is 33.4 Å². The van der Waals surface area contributed by atoms with E-state index >= 15 is 0 Å². The summed E-state index contributed by atoms with van der Waals surface area (Å²) in [6, 6.07) is 15.1. The number of ketones is 1. The molecule has 0 unspecified atom stereocenters. The molecule has 0 aliphatic carbocycles. The average Bonchev–Trinajstić information content (AvgIpc) is 2.87. The van der Waals surface area contributed by atoms with Crippen molar-refractivity contribution in [3.05, 3.63) is 83.2 Å². The zero-order valence-electron chi connectivity index (χ0n) is 19.9. The van der Waals surface area contributed by atoms with Crippen LogP contribution >= 0.6 is 0 Å². The molecule has 180 valence electrons. The summed E-state index contributed by atoms with van der Waals surface area (Å²) < 4.78 is 11.2. The zero-order valence-corrected chi connectivity index (χ0v) is 19.9. The van der Waals surface area contributed by atoms with Gasteiger partial charge in [0, 0.05) is 11.8 Å². The summed E-state index contributed by atoms with van der Waals surface area (Å²) in [6.45, 7) is 5.52. The van der Waals surface area contributed by atoms with Crippen molar-refractivity contribution in [1.82, 2.24) is 10.3 Å². The Kier molecular flexibility index (Phi) is 7.10. The number of pyridine rings is 1. The lowest BCUT2D eigenvalue weighted by Crippen LogP contribution is -2.51. The largest absolute Gasteiger partial charge is 0.485 e. The molecule has 2 amide bonds. The Labute approximate surface area is 203 Å². The Morgan fingerprint density at radius 1 is 1.11 bits per heavy atom. The molecule has 0 spiro atoms. The molecule has 0 bridgehead atoms. The van der Waals surface area contributed by atoms with E-state index in [2.05, 4.69) is 10.3 Å². The molecule has 0 radical (unpaired) electrons. The van der Waals surface area contributed by atoms with E-state index in [1.807, 2.05) is 38.1 Å². The van der Waals surface area contributed by atoms with Crippen LogP contribution in [-0.4, -0.2) is 41.8 Å². The van der Waals surface area contributed by atoms with Gasteiger partial charge in [-0.15, -0.1) is 0 Å². The van der Waals surface area contributed by atoms with Crippen LogP contribution in [0.4, 0.5) is 5.69 Å². The van der Waals surface area contributed by atoms with Gasteiger partial charge in [-0.1, -0.05) is 12.1 Å². The van der Waals surface area contributed by atoms with Gasteiger partial charge in [0.05, 0.1) is 17.9 Å². The van der Waals surface area contributed by atoms with Crippen LogP contribution in [0.15, 0.2) is 60.8 Å². The quantitative estimate of drug-likeness (QED) is 0.504. The number of carbonyl (C=O) groups is 3. The highest BCUT2D eigenvalue weighted by Crippen LogP contribution is 2.34. The van der Waals surface area contributed by atoms with Crippen molar-refractivity contribution in [2.75, 3.05) is 18.1 Å². The fraction of sp³-hybridized carbons (Fsp3) is 0.259. The van der Waals surface area contributed by atoms with E-state index in [-0.39, 0.29) is 37.4 Å². The van der Waals surface area contributed by atoms with Gasteiger partial charge in [0.15, 0.2) is 19.0 Å². The lowest BCUT2D eigenvalue weighted by Gasteiger charge is -2.33. The third-order valence-electron chi connectivity index (χ3n) is 5.95. The molecule has 3 aromatic rings. The molecule has 2 heterocycles. The Hall–Kier alpha value is -4.20. The number of amides is 2. The van der Waals surface area contributed by atoms with Crippen molar-refractivity contribution in [3.63, 3.8) is 0 Å². The summed E-state index contributed by atoms with van der Waals surface area (Å²) in [5, 5.41) is 2.81. The summed E-state index contributed by atoms with van der Waals surface area (Å²) >= 11 is 0. The first-order valence-electron chi connectivity index (χ1n) is 11.3. The summed E-state index contributed by atoms with van der Waals surface area (Å²) in [7, 11) is 0. The van der Waals surface area contributed by atoms with Crippen molar-refractivity contribution in [3.8, 4) is 11.5 Å². The number of fused-ring (bicyclic) bond motifs is 1. The monoisotopic (exact) mass is 473 g/mol. The summed E-state index contributed by atoms with van der Waals surface area (Å²) in [6.07, 6.45) is 1.65. The van der Waals surface area contributed by atoms with E-state index in [0.717, 1.165) is 11.1 Å². The van der Waals surface area contributed by atoms with Gasteiger partial charge in [0.1, 0.15) is 17.5 Å². The Morgan fingerprint density at radius 2 is 1.94 bits per heavy atom. The van der Waals surface area contributed by atoms with Crippen LogP contribution in [0.3, 0.4) is 0 Å². The molecule has 0 fully saturated rings. The molecular weight excluding hydrogens is 446 g/mol. The number of anilines is 1.